The lowest BCUT2D eigenvalue weighted by molar-refractivity contribution is 0.509. The standard InChI is InChI=1S/C21H19F2N3O3S/c1-12-6-7-13(20-15-4-2-3-5-16(15)21(27)25-24-20)10-19(12)30(28,29)26-14-8-9-17(22)18(23)11-14/h6-11,26H,2-5H2,1H3,(H,25,27). The normalized spacial score (nSPS) is 13.7. The molecular weight excluding hydrogens is 412 g/mol. The van der Waals surface area contributed by atoms with E-state index in [1.165, 1.54) is 6.07 Å². The highest BCUT2D eigenvalue weighted by molar-refractivity contribution is 7.92. The van der Waals surface area contributed by atoms with Crippen LogP contribution in [0.5, 0.6) is 0 Å². The van der Waals surface area contributed by atoms with Crippen LogP contribution in [-0.2, 0) is 22.9 Å². The Morgan fingerprint density at radius 3 is 2.47 bits per heavy atom. The number of aryl methyl sites for hydroxylation is 1. The second kappa shape index (κ2) is 7.64. The molecule has 2 N–H and O–H groups in total. The van der Waals surface area contributed by atoms with E-state index in [0.717, 1.165) is 36.6 Å². The molecule has 0 amide bonds. The van der Waals surface area contributed by atoms with Crippen molar-refractivity contribution < 1.29 is 17.2 Å². The van der Waals surface area contributed by atoms with Crippen molar-refractivity contribution >= 4 is 15.7 Å². The highest BCUT2D eigenvalue weighted by Gasteiger charge is 2.22. The molecule has 0 fully saturated rings. The Balaban J connectivity index is 1.77. The second-order valence-corrected chi connectivity index (χ2v) is 8.93. The zero-order chi connectivity index (χ0) is 21.5. The average Bonchev–Trinajstić information content (AvgIpc) is 2.71. The van der Waals surface area contributed by atoms with Gasteiger partial charge in [0.2, 0.25) is 0 Å². The molecule has 3 aromatic rings. The van der Waals surface area contributed by atoms with Gasteiger partial charge in [0.15, 0.2) is 11.6 Å². The minimum atomic E-state index is -4.07. The van der Waals surface area contributed by atoms with E-state index < -0.39 is 21.7 Å². The lowest BCUT2D eigenvalue weighted by Gasteiger charge is -2.18. The minimum Gasteiger partial charge on any atom is -0.280 e. The number of sulfonamides is 1. The number of H-pyrrole nitrogens is 1. The van der Waals surface area contributed by atoms with Crippen LogP contribution in [0.25, 0.3) is 11.3 Å². The van der Waals surface area contributed by atoms with E-state index in [4.69, 9.17) is 0 Å². The summed E-state index contributed by atoms with van der Waals surface area (Å²) in [6, 6.07) is 7.67. The highest BCUT2D eigenvalue weighted by Crippen LogP contribution is 2.30. The van der Waals surface area contributed by atoms with Gasteiger partial charge in [-0.05, 0) is 61.9 Å². The van der Waals surface area contributed by atoms with Gasteiger partial charge in [-0.25, -0.2) is 22.3 Å². The Morgan fingerprint density at radius 1 is 1.00 bits per heavy atom. The van der Waals surface area contributed by atoms with E-state index in [2.05, 4.69) is 14.9 Å². The van der Waals surface area contributed by atoms with Gasteiger partial charge in [-0.15, -0.1) is 0 Å². The number of fused-ring (bicyclic) bond motifs is 1. The number of benzene rings is 2. The summed E-state index contributed by atoms with van der Waals surface area (Å²) in [6.45, 7) is 1.64. The maximum absolute atomic E-state index is 13.5. The molecule has 2 aromatic carbocycles. The van der Waals surface area contributed by atoms with Crippen molar-refractivity contribution in [1.29, 1.82) is 0 Å². The first kappa shape index (κ1) is 20.2. The maximum atomic E-state index is 13.5. The predicted octanol–water partition coefficient (Wildman–Crippen LogP) is 3.70. The number of hydrogen-bond acceptors (Lipinski definition) is 4. The summed E-state index contributed by atoms with van der Waals surface area (Å²) in [5.74, 6) is -2.21. The fraction of sp³-hybridized carbons (Fsp3) is 0.238. The molecule has 0 radical (unpaired) electrons. The lowest BCUT2D eigenvalue weighted by Crippen LogP contribution is -2.21. The molecule has 30 heavy (non-hydrogen) atoms. The van der Waals surface area contributed by atoms with E-state index >= 15 is 0 Å². The van der Waals surface area contributed by atoms with Gasteiger partial charge < -0.3 is 0 Å². The molecule has 156 valence electrons. The van der Waals surface area contributed by atoms with Crippen LogP contribution >= 0.6 is 0 Å². The van der Waals surface area contributed by atoms with Crippen molar-refractivity contribution in [2.45, 2.75) is 37.5 Å². The van der Waals surface area contributed by atoms with Crippen molar-refractivity contribution in [2.75, 3.05) is 4.72 Å². The van der Waals surface area contributed by atoms with Crippen molar-refractivity contribution in [3.8, 4) is 11.3 Å². The largest absolute Gasteiger partial charge is 0.280 e. The summed E-state index contributed by atoms with van der Waals surface area (Å²) < 4.78 is 54.8. The first-order valence-corrected chi connectivity index (χ1v) is 10.9. The summed E-state index contributed by atoms with van der Waals surface area (Å²) in [4.78, 5) is 12.1. The smallest absolute Gasteiger partial charge is 0.267 e. The van der Waals surface area contributed by atoms with Gasteiger partial charge in [-0.1, -0.05) is 12.1 Å². The number of hydrogen-bond donors (Lipinski definition) is 2. The number of aromatic amines is 1. The van der Waals surface area contributed by atoms with Gasteiger partial charge in [-0.3, -0.25) is 9.52 Å². The third kappa shape index (κ3) is 3.72. The zero-order valence-corrected chi connectivity index (χ0v) is 16.9. The van der Waals surface area contributed by atoms with Gasteiger partial charge in [0.05, 0.1) is 16.3 Å². The fourth-order valence-electron chi connectivity index (χ4n) is 3.70. The van der Waals surface area contributed by atoms with Crippen LogP contribution in [0.1, 0.15) is 29.5 Å². The molecule has 0 saturated heterocycles. The Labute approximate surface area is 172 Å². The van der Waals surface area contributed by atoms with Crippen molar-refractivity contribution in [1.82, 2.24) is 10.2 Å². The van der Waals surface area contributed by atoms with Crippen LogP contribution in [-0.4, -0.2) is 18.6 Å². The third-order valence-corrected chi connectivity index (χ3v) is 6.74. The molecule has 9 heteroatoms. The van der Waals surface area contributed by atoms with Gasteiger partial charge >= 0.3 is 0 Å². The number of nitrogens with zero attached hydrogens (tertiary/aromatic N) is 1. The molecule has 1 aliphatic carbocycles. The Hall–Kier alpha value is -3.07. The SMILES string of the molecule is Cc1ccc(-c2n[nH]c(=O)c3c2CCCC3)cc1S(=O)(=O)Nc1ccc(F)c(F)c1. The number of aromatic nitrogens is 2. The van der Waals surface area contributed by atoms with Crippen LogP contribution in [0.15, 0.2) is 46.1 Å². The Kier molecular flexibility index (Phi) is 5.15. The summed E-state index contributed by atoms with van der Waals surface area (Å²) in [6.07, 6.45) is 3.21. The minimum absolute atomic E-state index is 0.0118. The van der Waals surface area contributed by atoms with Crippen LogP contribution in [0.2, 0.25) is 0 Å². The molecule has 0 spiro atoms. The van der Waals surface area contributed by atoms with Crippen LogP contribution < -0.4 is 10.3 Å². The number of halogens is 2. The monoisotopic (exact) mass is 431 g/mol. The molecule has 4 rings (SSSR count). The molecule has 1 aliphatic rings. The molecule has 0 unspecified atom stereocenters. The van der Waals surface area contributed by atoms with E-state index in [1.54, 1.807) is 19.1 Å². The van der Waals surface area contributed by atoms with Crippen LogP contribution in [0, 0.1) is 18.6 Å². The fourth-order valence-corrected chi connectivity index (χ4v) is 5.03. The van der Waals surface area contributed by atoms with Crippen molar-refractivity contribution in [3.63, 3.8) is 0 Å². The molecule has 0 bridgehead atoms. The molecular formula is C21H19F2N3O3S. The topological polar surface area (TPSA) is 91.9 Å². The number of rotatable bonds is 4. The van der Waals surface area contributed by atoms with Crippen molar-refractivity contribution in [2.24, 2.45) is 0 Å². The number of anilines is 1. The van der Waals surface area contributed by atoms with Gasteiger partial charge in [0.1, 0.15) is 0 Å². The molecule has 1 aromatic heterocycles. The summed E-state index contributed by atoms with van der Waals surface area (Å²) in [7, 11) is -4.07. The first-order valence-electron chi connectivity index (χ1n) is 9.45. The summed E-state index contributed by atoms with van der Waals surface area (Å²) in [5.41, 5.74) is 2.81. The quantitative estimate of drug-likeness (QED) is 0.659. The van der Waals surface area contributed by atoms with Crippen LogP contribution in [0.3, 0.4) is 0 Å². The van der Waals surface area contributed by atoms with Gasteiger partial charge in [-0.2, -0.15) is 5.10 Å². The molecule has 0 saturated carbocycles. The van der Waals surface area contributed by atoms with Gasteiger partial charge in [0.25, 0.3) is 15.6 Å². The van der Waals surface area contributed by atoms with Gasteiger partial charge in [0, 0.05) is 17.2 Å². The second-order valence-electron chi connectivity index (χ2n) is 7.28. The first-order chi connectivity index (χ1) is 14.3. The van der Waals surface area contributed by atoms with Crippen molar-refractivity contribution in [3.05, 3.63) is 75.1 Å². The van der Waals surface area contributed by atoms with E-state index in [0.29, 0.717) is 35.2 Å². The summed E-state index contributed by atoms with van der Waals surface area (Å²) >= 11 is 0. The predicted molar refractivity (Wildman–Crippen MR) is 109 cm³/mol. The molecule has 0 aliphatic heterocycles. The molecule has 1 heterocycles. The third-order valence-electron chi connectivity index (χ3n) is 5.22. The highest BCUT2D eigenvalue weighted by atomic mass is 32.2. The Morgan fingerprint density at radius 2 is 1.73 bits per heavy atom. The Bertz CT molecular complexity index is 1300. The summed E-state index contributed by atoms with van der Waals surface area (Å²) in [5, 5.41) is 6.68. The average molecular weight is 431 g/mol. The zero-order valence-electron chi connectivity index (χ0n) is 16.1. The molecule has 6 nitrogen and oxygen atoms in total. The van der Waals surface area contributed by atoms with Crippen LogP contribution in [0.4, 0.5) is 14.5 Å². The van der Waals surface area contributed by atoms with E-state index in [1.807, 2.05) is 0 Å². The number of nitrogens with one attached hydrogen (secondary N) is 2. The molecule has 0 atom stereocenters. The van der Waals surface area contributed by atoms with E-state index in [9.17, 15) is 22.0 Å². The lowest BCUT2D eigenvalue weighted by atomic mass is 9.90. The van der Waals surface area contributed by atoms with E-state index in [-0.39, 0.29) is 16.1 Å². The maximum Gasteiger partial charge on any atom is 0.267 e.